The Bertz CT molecular complexity index is 445. The Kier molecular flexibility index (Phi) is 5.67. The number of nitrogens with one attached hydrogen (secondary N) is 1. The SMILES string of the molecule is Fc1ccccc1CNCc1ccccc1.[Cl-]. The molecule has 3 heteroatoms. The van der Waals surface area contributed by atoms with Crippen molar-refractivity contribution in [2.75, 3.05) is 0 Å². The number of hydrogen-bond acceptors (Lipinski definition) is 1. The molecule has 2 aromatic rings. The third-order valence-corrected chi connectivity index (χ3v) is 2.45. The highest BCUT2D eigenvalue weighted by Gasteiger charge is 1.99. The molecule has 0 saturated carbocycles. The van der Waals surface area contributed by atoms with E-state index < -0.39 is 0 Å². The third kappa shape index (κ3) is 4.17. The van der Waals surface area contributed by atoms with Crippen LogP contribution in [0.3, 0.4) is 0 Å². The second-order valence-electron chi connectivity index (χ2n) is 3.68. The molecular formula is C14H14ClFN-. The highest BCUT2D eigenvalue weighted by atomic mass is 35.5. The minimum Gasteiger partial charge on any atom is -1.00 e. The van der Waals surface area contributed by atoms with Crippen molar-refractivity contribution in [2.24, 2.45) is 0 Å². The first kappa shape index (κ1) is 13.7. The number of rotatable bonds is 4. The molecule has 0 atom stereocenters. The molecular weight excluding hydrogens is 237 g/mol. The van der Waals surface area contributed by atoms with Crippen molar-refractivity contribution in [3.63, 3.8) is 0 Å². The summed E-state index contributed by atoms with van der Waals surface area (Å²) in [7, 11) is 0. The molecule has 0 spiro atoms. The fourth-order valence-corrected chi connectivity index (χ4v) is 1.58. The fourth-order valence-electron chi connectivity index (χ4n) is 1.58. The molecule has 2 aromatic carbocycles. The van der Waals surface area contributed by atoms with E-state index in [1.165, 1.54) is 11.6 Å². The van der Waals surface area contributed by atoms with Gasteiger partial charge in [-0.1, -0.05) is 48.5 Å². The van der Waals surface area contributed by atoms with Crippen molar-refractivity contribution >= 4 is 0 Å². The predicted molar refractivity (Wildman–Crippen MR) is 63.4 cm³/mol. The quantitative estimate of drug-likeness (QED) is 0.813. The van der Waals surface area contributed by atoms with E-state index in [2.05, 4.69) is 5.32 Å². The molecule has 0 amide bonds. The van der Waals surface area contributed by atoms with E-state index in [9.17, 15) is 4.39 Å². The van der Waals surface area contributed by atoms with E-state index in [0.29, 0.717) is 12.1 Å². The number of halogens is 2. The van der Waals surface area contributed by atoms with Gasteiger partial charge in [0, 0.05) is 18.7 Å². The van der Waals surface area contributed by atoms with E-state index in [1.807, 2.05) is 36.4 Å². The minimum absolute atomic E-state index is 0. The van der Waals surface area contributed by atoms with Crippen LogP contribution in [0, 0.1) is 5.82 Å². The van der Waals surface area contributed by atoms with Crippen molar-refractivity contribution in [3.8, 4) is 0 Å². The van der Waals surface area contributed by atoms with E-state index in [0.717, 1.165) is 6.54 Å². The van der Waals surface area contributed by atoms with Gasteiger partial charge < -0.3 is 17.7 Å². The molecule has 0 heterocycles. The van der Waals surface area contributed by atoms with Gasteiger partial charge in [-0.25, -0.2) is 4.39 Å². The Morgan fingerprint density at radius 2 is 1.47 bits per heavy atom. The van der Waals surface area contributed by atoms with Crippen LogP contribution >= 0.6 is 0 Å². The molecule has 0 aliphatic heterocycles. The van der Waals surface area contributed by atoms with Crippen molar-refractivity contribution in [1.29, 1.82) is 0 Å². The summed E-state index contributed by atoms with van der Waals surface area (Å²) >= 11 is 0. The molecule has 2 rings (SSSR count). The average molecular weight is 251 g/mol. The second-order valence-corrected chi connectivity index (χ2v) is 3.68. The Labute approximate surface area is 107 Å². The van der Waals surface area contributed by atoms with Crippen molar-refractivity contribution in [1.82, 2.24) is 5.32 Å². The van der Waals surface area contributed by atoms with Gasteiger partial charge >= 0.3 is 0 Å². The Morgan fingerprint density at radius 3 is 2.18 bits per heavy atom. The highest BCUT2D eigenvalue weighted by molar-refractivity contribution is 5.18. The maximum atomic E-state index is 13.3. The molecule has 0 saturated heterocycles. The zero-order valence-electron chi connectivity index (χ0n) is 9.37. The van der Waals surface area contributed by atoms with Crippen LogP contribution in [0.2, 0.25) is 0 Å². The van der Waals surface area contributed by atoms with Gasteiger partial charge in [-0.2, -0.15) is 0 Å². The molecule has 0 fully saturated rings. The maximum absolute atomic E-state index is 13.3. The predicted octanol–water partition coefficient (Wildman–Crippen LogP) is 0.119. The van der Waals surface area contributed by atoms with Crippen LogP contribution < -0.4 is 17.7 Å². The number of hydrogen-bond donors (Lipinski definition) is 1. The topological polar surface area (TPSA) is 12.0 Å². The van der Waals surface area contributed by atoms with Gasteiger partial charge in [-0.3, -0.25) is 0 Å². The molecule has 1 N–H and O–H groups in total. The lowest BCUT2D eigenvalue weighted by Crippen LogP contribution is -3.00. The molecule has 0 aromatic heterocycles. The van der Waals surface area contributed by atoms with Gasteiger partial charge in [-0.15, -0.1) is 0 Å². The van der Waals surface area contributed by atoms with Crippen LogP contribution in [-0.2, 0) is 13.1 Å². The summed E-state index contributed by atoms with van der Waals surface area (Å²) in [6.45, 7) is 1.32. The van der Waals surface area contributed by atoms with Crippen LogP contribution in [0.25, 0.3) is 0 Å². The fraction of sp³-hybridized carbons (Fsp3) is 0.143. The second kappa shape index (κ2) is 7.05. The monoisotopic (exact) mass is 250 g/mol. The summed E-state index contributed by atoms with van der Waals surface area (Å²) in [4.78, 5) is 0. The van der Waals surface area contributed by atoms with Gasteiger partial charge in [0.25, 0.3) is 0 Å². The molecule has 0 radical (unpaired) electrons. The molecule has 0 unspecified atom stereocenters. The first-order valence-corrected chi connectivity index (χ1v) is 5.34. The first-order valence-electron chi connectivity index (χ1n) is 5.34. The molecule has 0 aliphatic carbocycles. The Morgan fingerprint density at radius 1 is 0.824 bits per heavy atom. The van der Waals surface area contributed by atoms with Crippen LogP contribution in [-0.4, -0.2) is 0 Å². The lowest BCUT2D eigenvalue weighted by atomic mass is 10.2. The lowest BCUT2D eigenvalue weighted by molar-refractivity contribution is -0.00000383. The van der Waals surface area contributed by atoms with Gasteiger partial charge in [0.1, 0.15) is 5.82 Å². The Hall–Kier alpha value is -1.38. The first-order chi connectivity index (χ1) is 7.86. The Balaban J connectivity index is 0.00000144. The van der Waals surface area contributed by atoms with Crippen LogP contribution in [0.15, 0.2) is 54.6 Å². The van der Waals surface area contributed by atoms with Gasteiger partial charge in [0.15, 0.2) is 0 Å². The van der Waals surface area contributed by atoms with Gasteiger partial charge in [0.05, 0.1) is 0 Å². The molecule has 0 aliphatic rings. The summed E-state index contributed by atoms with van der Waals surface area (Å²) in [6.07, 6.45) is 0. The number of benzene rings is 2. The smallest absolute Gasteiger partial charge is 0.127 e. The largest absolute Gasteiger partial charge is 1.00 e. The maximum Gasteiger partial charge on any atom is 0.127 e. The van der Waals surface area contributed by atoms with Crippen molar-refractivity contribution in [3.05, 3.63) is 71.5 Å². The van der Waals surface area contributed by atoms with Gasteiger partial charge in [0.2, 0.25) is 0 Å². The minimum atomic E-state index is -0.150. The normalized spacial score (nSPS) is 9.71. The van der Waals surface area contributed by atoms with E-state index in [1.54, 1.807) is 12.1 Å². The van der Waals surface area contributed by atoms with Crippen LogP contribution in [0.4, 0.5) is 4.39 Å². The standard InChI is InChI=1S/C14H14FN.ClH/c15-14-9-5-4-8-13(14)11-16-10-12-6-2-1-3-7-12;/h1-9,16H,10-11H2;1H/p-1. The highest BCUT2D eigenvalue weighted by Crippen LogP contribution is 2.06. The zero-order chi connectivity index (χ0) is 11.2. The average Bonchev–Trinajstić information content (AvgIpc) is 2.33. The zero-order valence-corrected chi connectivity index (χ0v) is 10.1. The van der Waals surface area contributed by atoms with Gasteiger partial charge in [-0.05, 0) is 11.6 Å². The van der Waals surface area contributed by atoms with Crippen LogP contribution in [0.1, 0.15) is 11.1 Å². The molecule has 1 nitrogen and oxygen atoms in total. The third-order valence-electron chi connectivity index (χ3n) is 2.45. The summed E-state index contributed by atoms with van der Waals surface area (Å²) in [5.41, 5.74) is 1.91. The summed E-state index contributed by atoms with van der Waals surface area (Å²) in [6, 6.07) is 16.9. The molecule has 90 valence electrons. The summed E-state index contributed by atoms with van der Waals surface area (Å²) in [5, 5.41) is 3.22. The van der Waals surface area contributed by atoms with E-state index in [-0.39, 0.29) is 18.2 Å². The molecule has 0 bridgehead atoms. The summed E-state index contributed by atoms with van der Waals surface area (Å²) < 4.78 is 13.3. The van der Waals surface area contributed by atoms with Crippen molar-refractivity contribution < 1.29 is 16.8 Å². The van der Waals surface area contributed by atoms with E-state index in [4.69, 9.17) is 0 Å². The van der Waals surface area contributed by atoms with Crippen molar-refractivity contribution in [2.45, 2.75) is 13.1 Å². The van der Waals surface area contributed by atoms with Crippen LogP contribution in [0.5, 0.6) is 0 Å². The molecule has 17 heavy (non-hydrogen) atoms. The van der Waals surface area contributed by atoms with E-state index >= 15 is 0 Å². The lowest BCUT2D eigenvalue weighted by Gasteiger charge is -2.05. The summed E-state index contributed by atoms with van der Waals surface area (Å²) in [5.74, 6) is -0.150.